The molecule has 0 atom stereocenters. The molecule has 0 saturated carbocycles. The maximum Gasteiger partial charge on any atom is 0.220 e. The van der Waals surface area contributed by atoms with Crippen molar-refractivity contribution in [3.8, 4) is 11.6 Å². The monoisotopic (exact) mass is 297 g/mol. The van der Waals surface area contributed by atoms with E-state index in [9.17, 15) is 0 Å². The molecule has 0 N–H and O–H groups in total. The Morgan fingerprint density at radius 3 is 2.81 bits per heavy atom. The fourth-order valence-electron chi connectivity index (χ4n) is 1.24. The first-order valence-corrected chi connectivity index (χ1v) is 5.89. The molecule has 0 aliphatic carbocycles. The van der Waals surface area contributed by atoms with Crippen LogP contribution in [0.15, 0.2) is 40.9 Å². The molecule has 1 aromatic carbocycles. The Morgan fingerprint density at radius 2 is 2.06 bits per heavy atom. The number of rotatable bonds is 2. The van der Waals surface area contributed by atoms with Crippen molar-refractivity contribution in [1.29, 1.82) is 0 Å². The quantitative estimate of drug-likeness (QED) is 0.756. The molecule has 1 heterocycles. The van der Waals surface area contributed by atoms with Crippen LogP contribution in [0.2, 0.25) is 5.15 Å². The first-order valence-electron chi connectivity index (χ1n) is 4.72. The zero-order chi connectivity index (χ0) is 11.5. The number of halogens is 2. The Bertz CT molecular complexity index is 516. The van der Waals surface area contributed by atoms with Crippen LogP contribution in [0.25, 0.3) is 0 Å². The minimum atomic E-state index is 0.421. The Balaban J connectivity index is 2.30. The molecule has 1 aromatic heterocycles. The van der Waals surface area contributed by atoms with Crippen LogP contribution >= 0.6 is 27.5 Å². The highest BCUT2D eigenvalue weighted by atomic mass is 79.9. The second-order valence-electron chi connectivity index (χ2n) is 3.31. The Labute approximate surface area is 107 Å². The van der Waals surface area contributed by atoms with Gasteiger partial charge >= 0.3 is 0 Å². The number of hydrogen-bond acceptors (Lipinski definition) is 2. The number of ether oxygens (including phenoxy) is 1. The van der Waals surface area contributed by atoms with Gasteiger partial charge in [0.2, 0.25) is 5.88 Å². The number of benzene rings is 1. The van der Waals surface area contributed by atoms with E-state index in [1.807, 2.05) is 25.1 Å². The number of pyridine rings is 1. The fourth-order valence-corrected chi connectivity index (χ4v) is 1.74. The lowest BCUT2D eigenvalue weighted by Gasteiger charge is -2.08. The van der Waals surface area contributed by atoms with E-state index in [0.717, 1.165) is 15.8 Å². The molecule has 0 amide bonds. The molecule has 2 nitrogen and oxygen atoms in total. The minimum absolute atomic E-state index is 0.421. The summed E-state index contributed by atoms with van der Waals surface area (Å²) in [5.41, 5.74) is 1.05. The van der Waals surface area contributed by atoms with Gasteiger partial charge < -0.3 is 4.74 Å². The van der Waals surface area contributed by atoms with Crippen LogP contribution in [0.4, 0.5) is 0 Å². The molecule has 0 fully saturated rings. The van der Waals surface area contributed by atoms with Gasteiger partial charge in [-0.1, -0.05) is 39.7 Å². The highest BCUT2D eigenvalue weighted by molar-refractivity contribution is 9.10. The van der Waals surface area contributed by atoms with Crippen molar-refractivity contribution in [3.05, 3.63) is 51.6 Å². The topological polar surface area (TPSA) is 22.1 Å². The van der Waals surface area contributed by atoms with E-state index in [1.165, 1.54) is 0 Å². The Hall–Kier alpha value is -1.06. The van der Waals surface area contributed by atoms with Gasteiger partial charge in [-0.3, -0.25) is 0 Å². The van der Waals surface area contributed by atoms with Crippen LogP contribution in [0.3, 0.4) is 0 Å². The Kier molecular flexibility index (Phi) is 3.46. The third-order valence-corrected chi connectivity index (χ3v) is 2.76. The van der Waals surface area contributed by atoms with Gasteiger partial charge in [0.25, 0.3) is 0 Å². The number of nitrogens with zero attached hydrogens (tertiary/aromatic N) is 1. The molecule has 82 valence electrons. The van der Waals surface area contributed by atoms with E-state index < -0.39 is 0 Å². The summed E-state index contributed by atoms with van der Waals surface area (Å²) in [6.45, 7) is 1.98. The zero-order valence-electron chi connectivity index (χ0n) is 8.58. The number of hydrogen-bond donors (Lipinski definition) is 0. The number of aromatic nitrogens is 1. The van der Waals surface area contributed by atoms with Crippen LogP contribution in [0.1, 0.15) is 5.56 Å². The molecule has 0 unspecified atom stereocenters. The summed E-state index contributed by atoms with van der Waals surface area (Å²) in [7, 11) is 0. The summed E-state index contributed by atoms with van der Waals surface area (Å²) in [6.07, 6.45) is 0. The minimum Gasteiger partial charge on any atom is -0.439 e. The van der Waals surface area contributed by atoms with Gasteiger partial charge in [-0.05, 0) is 30.7 Å². The molecule has 0 bridgehead atoms. The lowest BCUT2D eigenvalue weighted by atomic mass is 10.2. The van der Waals surface area contributed by atoms with E-state index in [-0.39, 0.29) is 0 Å². The molecule has 0 radical (unpaired) electrons. The first kappa shape index (κ1) is 11.4. The van der Waals surface area contributed by atoms with Crippen molar-refractivity contribution in [2.75, 3.05) is 0 Å². The normalized spacial score (nSPS) is 10.2. The van der Waals surface area contributed by atoms with Crippen LogP contribution in [-0.4, -0.2) is 4.98 Å². The van der Waals surface area contributed by atoms with Crippen LogP contribution < -0.4 is 4.74 Å². The summed E-state index contributed by atoms with van der Waals surface area (Å²) >= 11 is 9.18. The Morgan fingerprint density at radius 1 is 1.25 bits per heavy atom. The maximum absolute atomic E-state index is 5.78. The van der Waals surface area contributed by atoms with Crippen molar-refractivity contribution in [2.24, 2.45) is 0 Å². The summed E-state index contributed by atoms with van der Waals surface area (Å²) in [6, 6.07) is 11.1. The van der Waals surface area contributed by atoms with Gasteiger partial charge in [-0.15, -0.1) is 0 Å². The summed E-state index contributed by atoms with van der Waals surface area (Å²) in [5, 5.41) is 0.421. The molecule has 0 aliphatic rings. The fraction of sp³-hybridized carbons (Fsp3) is 0.0833. The smallest absolute Gasteiger partial charge is 0.220 e. The van der Waals surface area contributed by atoms with E-state index in [4.69, 9.17) is 16.3 Å². The van der Waals surface area contributed by atoms with E-state index >= 15 is 0 Å². The summed E-state index contributed by atoms with van der Waals surface area (Å²) in [4.78, 5) is 4.07. The van der Waals surface area contributed by atoms with Gasteiger partial charge in [0.1, 0.15) is 10.9 Å². The molecule has 16 heavy (non-hydrogen) atoms. The van der Waals surface area contributed by atoms with E-state index in [0.29, 0.717) is 11.0 Å². The van der Waals surface area contributed by atoms with Crippen LogP contribution in [0.5, 0.6) is 11.6 Å². The van der Waals surface area contributed by atoms with E-state index in [1.54, 1.807) is 18.2 Å². The molecule has 2 aromatic rings. The lowest BCUT2D eigenvalue weighted by molar-refractivity contribution is 0.459. The predicted molar refractivity (Wildman–Crippen MR) is 68.2 cm³/mol. The molecule has 4 heteroatoms. The summed E-state index contributed by atoms with van der Waals surface area (Å²) < 4.78 is 6.61. The SMILES string of the molecule is Cc1ccc(Br)cc1Oc1cccc(Cl)n1. The second-order valence-corrected chi connectivity index (χ2v) is 4.61. The standard InChI is InChI=1S/C12H9BrClNO/c1-8-5-6-9(13)7-10(8)16-12-4-2-3-11(14)15-12/h2-7H,1H3. The van der Waals surface area contributed by atoms with Gasteiger partial charge in [0.05, 0.1) is 0 Å². The zero-order valence-corrected chi connectivity index (χ0v) is 10.9. The molecule has 0 aliphatic heterocycles. The van der Waals surface area contributed by atoms with Crippen molar-refractivity contribution in [3.63, 3.8) is 0 Å². The van der Waals surface area contributed by atoms with Gasteiger partial charge in [0.15, 0.2) is 0 Å². The van der Waals surface area contributed by atoms with Gasteiger partial charge in [-0.25, -0.2) is 4.98 Å². The highest BCUT2D eigenvalue weighted by Crippen LogP contribution is 2.27. The first-order chi connectivity index (χ1) is 7.65. The largest absolute Gasteiger partial charge is 0.439 e. The molecule has 0 saturated heterocycles. The summed E-state index contributed by atoms with van der Waals surface area (Å²) in [5.74, 6) is 1.26. The highest BCUT2D eigenvalue weighted by Gasteiger charge is 2.03. The van der Waals surface area contributed by atoms with Crippen LogP contribution in [0, 0.1) is 6.92 Å². The number of aryl methyl sites for hydroxylation is 1. The van der Waals surface area contributed by atoms with Gasteiger partial charge in [-0.2, -0.15) is 0 Å². The molecule has 0 spiro atoms. The average Bonchev–Trinajstić information content (AvgIpc) is 2.24. The van der Waals surface area contributed by atoms with Crippen molar-refractivity contribution >= 4 is 27.5 Å². The third-order valence-electron chi connectivity index (χ3n) is 2.05. The molecular formula is C12H9BrClNO. The van der Waals surface area contributed by atoms with Gasteiger partial charge in [0, 0.05) is 10.5 Å². The second kappa shape index (κ2) is 4.85. The van der Waals surface area contributed by atoms with Crippen molar-refractivity contribution in [1.82, 2.24) is 4.98 Å². The van der Waals surface area contributed by atoms with Crippen molar-refractivity contribution in [2.45, 2.75) is 6.92 Å². The molecule has 2 rings (SSSR count). The lowest BCUT2D eigenvalue weighted by Crippen LogP contribution is -1.90. The van der Waals surface area contributed by atoms with E-state index in [2.05, 4.69) is 20.9 Å². The predicted octanol–water partition coefficient (Wildman–Crippen LogP) is 4.60. The third kappa shape index (κ3) is 2.74. The van der Waals surface area contributed by atoms with Crippen LogP contribution in [-0.2, 0) is 0 Å². The van der Waals surface area contributed by atoms with Crippen molar-refractivity contribution < 1.29 is 4.74 Å². The molecular weight excluding hydrogens is 289 g/mol. The maximum atomic E-state index is 5.78. The average molecular weight is 299 g/mol.